The van der Waals surface area contributed by atoms with Crippen LogP contribution in [0.25, 0.3) is 0 Å². The van der Waals surface area contributed by atoms with E-state index in [1.807, 2.05) is 0 Å². The van der Waals surface area contributed by atoms with Gasteiger partial charge in [0.15, 0.2) is 10.9 Å². The molecule has 25 heavy (non-hydrogen) atoms. The van der Waals surface area contributed by atoms with Crippen LogP contribution in [0.2, 0.25) is 0 Å². The predicted molar refractivity (Wildman–Crippen MR) is 89.4 cm³/mol. The lowest BCUT2D eigenvalue weighted by Crippen LogP contribution is -2.40. The molecule has 1 aliphatic heterocycles. The molecule has 0 aromatic carbocycles. The second-order valence-electron chi connectivity index (χ2n) is 7.13. The molecule has 2 aromatic heterocycles. The molecule has 9 heteroatoms. The largest absolute Gasteiger partial charge is 0.339 e. The summed E-state index contributed by atoms with van der Waals surface area (Å²) < 4.78 is 34.3. The topological polar surface area (TPSA) is 94.1 Å². The molecule has 0 N–H and O–H groups in total. The van der Waals surface area contributed by atoms with Crippen molar-refractivity contribution in [2.24, 2.45) is 13.0 Å². The Kier molecular flexibility index (Phi) is 4.15. The zero-order valence-corrected chi connectivity index (χ0v) is 15.4. The van der Waals surface area contributed by atoms with Crippen molar-refractivity contribution in [3.05, 3.63) is 23.7 Å². The molecule has 1 saturated heterocycles. The van der Waals surface area contributed by atoms with E-state index in [-0.39, 0.29) is 10.9 Å². The third-order valence-electron chi connectivity index (χ3n) is 5.06. The molecule has 0 bridgehead atoms. The van der Waals surface area contributed by atoms with E-state index in [9.17, 15) is 8.42 Å². The van der Waals surface area contributed by atoms with E-state index in [4.69, 9.17) is 4.52 Å². The van der Waals surface area contributed by atoms with E-state index in [1.54, 1.807) is 29.0 Å². The maximum atomic E-state index is 12.9. The van der Waals surface area contributed by atoms with Crippen LogP contribution in [-0.2, 0) is 23.5 Å². The summed E-state index contributed by atoms with van der Waals surface area (Å²) in [5, 5.41) is 4.17. The first-order valence-corrected chi connectivity index (χ1v) is 10.2. The molecular formula is C16H23N5O3S. The molecular weight excluding hydrogens is 342 g/mol. The molecule has 2 fully saturated rings. The van der Waals surface area contributed by atoms with Crippen molar-refractivity contribution in [1.29, 1.82) is 0 Å². The second-order valence-corrected chi connectivity index (χ2v) is 9.02. The van der Waals surface area contributed by atoms with Crippen LogP contribution in [0, 0.1) is 12.8 Å². The van der Waals surface area contributed by atoms with Crippen LogP contribution < -0.4 is 0 Å². The minimum atomic E-state index is -3.55. The first-order chi connectivity index (χ1) is 11.9. The summed E-state index contributed by atoms with van der Waals surface area (Å²) in [6.07, 6.45) is 6.28. The maximum Gasteiger partial charge on any atom is 0.262 e. The van der Waals surface area contributed by atoms with Gasteiger partial charge in [-0.1, -0.05) is 5.16 Å². The molecule has 2 aliphatic rings. The molecule has 1 unspecified atom stereocenters. The highest BCUT2D eigenvalue weighted by molar-refractivity contribution is 7.89. The summed E-state index contributed by atoms with van der Waals surface area (Å²) in [6, 6.07) is 0. The lowest BCUT2D eigenvalue weighted by atomic mass is 9.96. The third-order valence-corrected chi connectivity index (χ3v) is 6.80. The monoisotopic (exact) mass is 365 g/mol. The fraction of sp³-hybridized carbons (Fsp3) is 0.688. The number of nitrogens with zero attached hydrogens (tertiary/aromatic N) is 5. The SMILES string of the molecule is Cc1nc(S(=O)(=O)N2CCCC(Cc3nc(C4CC4)no3)C2)cn1C. The van der Waals surface area contributed by atoms with Gasteiger partial charge in [-0.15, -0.1) is 0 Å². The van der Waals surface area contributed by atoms with Gasteiger partial charge in [-0.25, -0.2) is 13.4 Å². The van der Waals surface area contributed by atoms with Gasteiger partial charge in [-0.2, -0.15) is 9.29 Å². The lowest BCUT2D eigenvalue weighted by Gasteiger charge is -2.30. The van der Waals surface area contributed by atoms with Crippen LogP contribution in [0.5, 0.6) is 0 Å². The minimum Gasteiger partial charge on any atom is -0.339 e. The van der Waals surface area contributed by atoms with Crippen LogP contribution in [0.4, 0.5) is 0 Å². The Morgan fingerprint density at radius 3 is 2.76 bits per heavy atom. The van der Waals surface area contributed by atoms with E-state index in [2.05, 4.69) is 15.1 Å². The number of aromatic nitrogens is 4. The van der Waals surface area contributed by atoms with Gasteiger partial charge < -0.3 is 9.09 Å². The van der Waals surface area contributed by atoms with Crippen molar-refractivity contribution in [3.63, 3.8) is 0 Å². The molecule has 2 aromatic rings. The summed E-state index contributed by atoms with van der Waals surface area (Å²) in [5.41, 5.74) is 0. The fourth-order valence-corrected chi connectivity index (χ4v) is 4.88. The van der Waals surface area contributed by atoms with Crippen LogP contribution in [0.15, 0.2) is 15.7 Å². The zero-order valence-electron chi connectivity index (χ0n) is 14.6. The van der Waals surface area contributed by atoms with Gasteiger partial charge in [0.05, 0.1) is 0 Å². The standard InChI is InChI=1S/C16H23N5O3S/c1-11-17-15(10-20(11)2)25(22,23)21-7-3-4-12(9-21)8-14-18-16(19-24-14)13-5-6-13/h10,12-13H,3-9H2,1-2H3. The van der Waals surface area contributed by atoms with Gasteiger partial charge in [-0.05, 0) is 38.5 Å². The van der Waals surface area contributed by atoms with Crippen LogP contribution in [-0.4, -0.2) is 45.5 Å². The van der Waals surface area contributed by atoms with Gasteiger partial charge in [0.2, 0.25) is 5.89 Å². The van der Waals surface area contributed by atoms with Gasteiger partial charge >= 0.3 is 0 Å². The molecule has 1 atom stereocenters. The van der Waals surface area contributed by atoms with Crippen molar-refractivity contribution >= 4 is 10.0 Å². The Balaban J connectivity index is 1.46. The van der Waals surface area contributed by atoms with Crippen molar-refractivity contribution in [2.45, 2.75) is 50.0 Å². The first kappa shape index (κ1) is 16.7. The third kappa shape index (κ3) is 3.35. The first-order valence-electron chi connectivity index (χ1n) is 8.76. The van der Waals surface area contributed by atoms with Crippen molar-refractivity contribution in [1.82, 2.24) is 24.0 Å². The number of hydrogen-bond acceptors (Lipinski definition) is 6. The molecule has 3 heterocycles. The van der Waals surface area contributed by atoms with Gasteiger partial charge in [-0.3, -0.25) is 0 Å². The van der Waals surface area contributed by atoms with Gasteiger partial charge in [0.1, 0.15) is 5.82 Å². The highest BCUT2D eigenvalue weighted by Crippen LogP contribution is 2.38. The summed E-state index contributed by atoms with van der Waals surface area (Å²) in [6.45, 7) is 2.80. The molecule has 1 saturated carbocycles. The van der Waals surface area contributed by atoms with E-state index in [1.165, 1.54) is 0 Å². The summed E-state index contributed by atoms with van der Waals surface area (Å²) in [5.74, 6) is 2.78. The molecule has 0 spiro atoms. The fourth-order valence-electron chi connectivity index (χ4n) is 3.30. The average molecular weight is 365 g/mol. The van der Waals surface area contributed by atoms with Gasteiger partial charge in [0, 0.05) is 38.7 Å². The maximum absolute atomic E-state index is 12.9. The van der Waals surface area contributed by atoms with E-state index in [0.717, 1.165) is 31.5 Å². The Labute approximate surface area is 147 Å². The quantitative estimate of drug-likeness (QED) is 0.799. The smallest absolute Gasteiger partial charge is 0.262 e. The summed E-state index contributed by atoms with van der Waals surface area (Å²) in [4.78, 5) is 8.65. The Morgan fingerprint density at radius 2 is 2.08 bits per heavy atom. The summed E-state index contributed by atoms with van der Waals surface area (Å²) >= 11 is 0. The van der Waals surface area contributed by atoms with Crippen molar-refractivity contribution in [2.75, 3.05) is 13.1 Å². The number of sulfonamides is 1. The van der Waals surface area contributed by atoms with Gasteiger partial charge in [0.25, 0.3) is 10.0 Å². The lowest BCUT2D eigenvalue weighted by molar-refractivity contribution is 0.246. The number of aryl methyl sites for hydroxylation is 2. The Hall–Kier alpha value is -1.74. The van der Waals surface area contributed by atoms with Crippen molar-refractivity contribution < 1.29 is 12.9 Å². The summed E-state index contributed by atoms with van der Waals surface area (Å²) in [7, 11) is -1.75. The molecule has 136 valence electrons. The molecule has 8 nitrogen and oxygen atoms in total. The second kappa shape index (κ2) is 6.21. The van der Waals surface area contributed by atoms with E-state index >= 15 is 0 Å². The predicted octanol–water partition coefficient (Wildman–Crippen LogP) is 1.63. The van der Waals surface area contributed by atoms with Crippen LogP contribution in [0.3, 0.4) is 0 Å². The minimum absolute atomic E-state index is 0.127. The highest BCUT2D eigenvalue weighted by Gasteiger charge is 2.33. The zero-order chi connectivity index (χ0) is 17.6. The number of hydrogen-bond donors (Lipinski definition) is 0. The highest BCUT2D eigenvalue weighted by atomic mass is 32.2. The van der Waals surface area contributed by atoms with E-state index < -0.39 is 10.0 Å². The average Bonchev–Trinajstić information content (AvgIpc) is 3.24. The van der Waals surface area contributed by atoms with E-state index in [0.29, 0.717) is 37.1 Å². The number of imidazole rings is 1. The van der Waals surface area contributed by atoms with Crippen molar-refractivity contribution in [3.8, 4) is 0 Å². The molecule has 0 amide bonds. The Bertz CT molecular complexity index is 849. The van der Waals surface area contributed by atoms with Crippen LogP contribution in [0.1, 0.15) is 49.1 Å². The molecule has 0 radical (unpaired) electrons. The number of rotatable bonds is 5. The molecule has 1 aliphatic carbocycles. The molecule has 4 rings (SSSR count). The Morgan fingerprint density at radius 1 is 1.28 bits per heavy atom. The number of piperidine rings is 1. The van der Waals surface area contributed by atoms with Crippen LogP contribution >= 0.6 is 0 Å². The normalized spacial score (nSPS) is 22.4.